The molecule has 1 fully saturated rings. The van der Waals surface area contributed by atoms with Crippen LogP contribution in [0.1, 0.15) is 52.4 Å². The van der Waals surface area contributed by atoms with Gasteiger partial charge in [0.1, 0.15) is 0 Å². The minimum Gasteiger partial charge on any atom is -0.313 e. The van der Waals surface area contributed by atoms with Crippen LogP contribution in [0.25, 0.3) is 0 Å². The molecule has 0 bridgehead atoms. The number of hydrogen-bond donors (Lipinski definition) is 1. The van der Waals surface area contributed by atoms with Gasteiger partial charge in [0.15, 0.2) is 0 Å². The van der Waals surface area contributed by atoms with Crippen LogP contribution in [0.5, 0.6) is 0 Å². The SMILES string of the molecule is CCSCCN[C@@H](C)C1CCCCCC1. The zero-order valence-electron chi connectivity index (χ0n) is 10.4. The van der Waals surface area contributed by atoms with Crippen LogP contribution in [0, 0.1) is 5.92 Å². The van der Waals surface area contributed by atoms with Gasteiger partial charge in [-0.3, -0.25) is 0 Å². The number of nitrogens with one attached hydrogen (secondary N) is 1. The van der Waals surface area contributed by atoms with Crippen molar-refractivity contribution in [3.63, 3.8) is 0 Å². The van der Waals surface area contributed by atoms with Crippen molar-refractivity contribution < 1.29 is 0 Å². The van der Waals surface area contributed by atoms with Gasteiger partial charge in [0, 0.05) is 18.3 Å². The van der Waals surface area contributed by atoms with E-state index in [1.165, 1.54) is 56.6 Å². The molecule has 1 atom stereocenters. The van der Waals surface area contributed by atoms with E-state index in [0.717, 1.165) is 12.0 Å². The van der Waals surface area contributed by atoms with Gasteiger partial charge in [0.2, 0.25) is 0 Å². The molecule has 0 aliphatic heterocycles. The van der Waals surface area contributed by atoms with E-state index < -0.39 is 0 Å². The molecule has 0 aromatic heterocycles. The van der Waals surface area contributed by atoms with E-state index >= 15 is 0 Å². The van der Waals surface area contributed by atoms with Crippen molar-refractivity contribution in [3.8, 4) is 0 Å². The molecule has 0 saturated heterocycles. The van der Waals surface area contributed by atoms with Crippen molar-refractivity contribution in [3.05, 3.63) is 0 Å². The molecule has 1 saturated carbocycles. The van der Waals surface area contributed by atoms with Crippen molar-refractivity contribution in [2.45, 2.75) is 58.4 Å². The van der Waals surface area contributed by atoms with E-state index in [9.17, 15) is 0 Å². The van der Waals surface area contributed by atoms with Crippen molar-refractivity contribution in [1.29, 1.82) is 0 Å². The second-order valence-electron chi connectivity index (χ2n) is 4.69. The monoisotopic (exact) mass is 229 g/mol. The third kappa shape index (κ3) is 5.82. The third-order valence-electron chi connectivity index (χ3n) is 3.52. The lowest BCUT2D eigenvalue weighted by atomic mass is 9.93. The van der Waals surface area contributed by atoms with Gasteiger partial charge in [-0.1, -0.05) is 32.6 Å². The summed E-state index contributed by atoms with van der Waals surface area (Å²) in [6.07, 6.45) is 8.76. The van der Waals surface area contributed by atoms with E-state index in [4.69, 9.17) is 0 Å². The minimum absolute atomic E-state index is 0.737. The zero-order valence-corrected chi connectivity index (χ0v) is 11.2. The largest absolute Gasteiger partial charge is 0.313 e. The molecule has 90 valence electrons. The number of hydrogen-bond acceptors (Lipinski definition) is 2. The fourth-order valence-corrected chi connectivity index (χ4v) is 3.03. The fourth-order valence-electron chi connectivity index (χ4n) is 2.48. The highest BCUT2D eigenvalue weighted by Crippen LogP contribution is 2.25. The Morgan fingerprint density at radius 3 is 2.47 bits per heavy atom. The van der Waals surface area contributed by atoms with Gasteiger partial charge in [-0.05, 0) is 31.4 Å². The molecule has 0 aromatic rings. The Bertz CT molecular complexity index is 141. The van der Waals surface area contributed by atoms with Crippen LogP contribution < -0.4 is 5.32 Å². The molecule has 1 nitrogen and oxygen atoms in total. The molecule has 1 N–H and O–H groups in total. The van der Waals surface area contributed by atoms with E-state index in [1.807, 2.05) is 11.8 Å². The van der Waals surface area contributed by atoms with Gasteiger partial charge in [0.05, 0.1) is 0 Å². The Labute approximate surface area is 99.8 Å². The second-order valence-corrected chi connectivity index (χ2v) is 6.09. The van der Waals surface area contributed by atoms with Gasteiger partial charge in [-0.15, -0.1) is 0 Å². The Balaban J connectivity index is 2.11. The van der Waals surface area contributed by atoms with E-state index in [1.54, 1.807) is 0 Å². The van der Waals surface area contributed by atoms with Gasteiger partial charge in [0.25, 0.3) is 0 Å². The molecule has 2 heteroatoms. The Hall–Kier alpha value is 0.310. The molecule has 1 rings (SSSR count). The molecular formula is C13H27NS. The molecular weight excluding hydrogens is 202 g/mol. The van der Waals surface area contributed by atoms with Crippen molar-refractivity contribution in [2.24, 2.45) is 5.92 Å². The van der Waals surface area contributed by atoms with Crippen LogP contribution in [0.4, 0.5) is 0 Å². The first-order valence-corrected chi connectivity index (χ1v) is 7.81. The summed E-state index contributed by atoms with van der Waals surface area (Å²) in [5.41, 5.74) is 0. The van der Waals surface area contributed by atoms with Gasteiger partial charge < -0.3 is 5.32 Å². The minimum atomic E-state index is 0.737. The lowest BCUT2D eigenvalue weighted by Crippen LogP contribution is -2.34. The molecule has 1 aliphatic rings. The summed E-state index contributed by atoms with van der Waals surface area (Å²) in [5, 5.41) is 3.69. The maximum absolute atomic E-state index is 3.69. The normalized spacial score (nSPS) is 21.2. The van der Waals surface area contributed by atoms with Gasteiger partial charge in [-0.25, -0.2) is 0 Å². The Morgan fingerprint density at radius 1 is 1.20 bits per heavy atom. The summed E-state index contributed by atoms with van der Waals surface area (Å²) in [5.74, 6) is 3.46. The maximum atomic E-state index is 3.69. The molecule has 0 heterocycles. The van der Waals surface area contributed by atoms with E-state index in [2.05, 4.69) is 19.2 Å². The zero-order chi connectivity index (χ0) is 10.9. The predicted molar refractivity (Wildman–Crippen MR) is 71.7 cm³/mol. The molecule has 15 heavy (non-hydrogen) atoms. The van der Waals surface area contributed by atoms with Crippen LogP contribution in [0.3, 0.4) is 0 Å². The predicted octanol–water partition coefficient (Wildman–Crippen LogP) is 3.69. The summed E-state index contributed by atoms with van der Waals surface area (Å²) >= 11 is 2.04. The highest BCUT2D eigenvalue weighted by atomic mass is 32.2. The maximum Gasteiger partial charge on any atom is 0.00673 e. The number of thioether (sulfide) groups is 1. The molecule has 0 spiro atoms. The van der Waals surface area contributed by atoms with Crippen molar-refractivity contribution in [1.82, 2.24) is 5.32 Å². The van der Waals surface area contributed by atoms with Crippen LogP contribution >= 0.6 is 11.8 Å². The highest BCUT2D eigenvalue weighted by Gasteiger charge is 2.17. The lowest BCUT2D eigenvalue weighted by Gasteiger charge is -2.23. The molecule has 0 aromatic carbocycles. The van der Waals surface area contributed by atoms with Crippen LogP contribution in [-0.2, 0) is 0 Å². The Morgan fingerprint density at radius 2 is 1.87 bits per heavy atom. The molecule has 0 unspecified atom stereocenters. The first-order valence-electron chi connectivity index (χ1n) is 6.65. The van der Waals surface area contributed by atoms with Crippen LogP contribution in [0.15, 0.2) is 0 Å². The Kier molecular flexibility index (Phi) is 7.54. The van der Waals surface area contributed by atoms with E-state index in [0.29, 0.717) is 0 Å². The first-order chi connectivity index (χ1) is 7.34. The topological polar surface area (TPSA) is 12.0 Å². The summed E-state index contributed by atoms with van der Waals surface area (Å²) < 4.78 is 0. The third-order valence-corrected chi connectivity index (χ3v) is 4.42. The average Bonchev–Trinajstić information content (AvgIpc) is 2.52. The summed E-state index contributed by atoms with van der Waals surface area (Å²) in [6.45, 7) is 5.81. The highest BCUT2D eigenvalue weighted by molar-refractivity contribution is 7.99. The summed E-state index contributed by atoms with van der Waals surface area (Å²) in [4.78, 5) is 0. The second kappa shape index (κ2) is 8.46. The molecule has 1 aliphatic carbocycles. The lowest BCUT2D eigenvalue weighted by molar-refractivity contribution is 0.344. The fraction of sp³-hybridized carbons (Fsp3) is 1.00. The van der Waals surface area contributed by atoms with Crippen LogP contribution in [-0.4, -0.2) is 24.1 Å². The smallest absolute Gasteiger partial charge is 0.00673 e. The summed E-state index contributed by atoms with van der Waals surface area (Å²) in [6, 6.07) is 0.737. The van der Waals surface area contributed by atoms with E-state index in [-0.39, 0.29) is 0 Å². The van der Waals surface area contributed by atoms with Crippen molar-refractivity contribution >= 4 is 11.8 Å². The quantitative estimate of drug-likeness (QED) is 0.551. The van der Waals surface area contributed by atoms with Crippen LogP contribution in [0.2, 0.25) is 0 Å². The summed E-state index contributed by atoms with van der Waals surface area (Å²) in [7, 11) is 0. The first kappa shape index (κ1) is 13.4. The molecule has 0 amide bonds. The van der Waals surface area contributed by atoms with Gasteiger partial charge >= 0.3 is 0 Å². The molecule has 0 radical (unpaired) electrons. The standard InChI is InChI=1S/C13H27NS/c1-3-15-11-10-14-12(2)13-8-6-4-5-7-9-13/h12-14H,3-11H2,1-2H3/t12-/m0/s1. The average molecular weight is 229 g/mol. The van der Waals surface area contributed by atoms with Crippen molar-refractivity contribution in [2.75, 3.05) is 18.1 Å². The number of rotatable bonds is 6. The van der Waals surface area contributed by atoms with Gasteiger partial charge in [-0.2, -0.15) is 11.8 Å².